The highest BCUT2D eigenvalue weighted by Crippen LogP contribution is 2.30. The number of oxazole rings is 1. The number of pyridine rings is 3. The second kappa shape index (κ2) is 7.45. The molecule has 0 fully saturated rings. The van der Waals surface area contributed by atoms with Crippen LogP contribution in [0.3, 0.4) is 0 Å². The largest absolute Gasteiger partial charge is 0.464 e. The molecule has 9 nitrogen and oxygen atoms in total. The highest BCUT2D eigenvalue weighted by molar-refractivity contribution is 5.88. The molecule has 0 unspecified atom stereocenters. The lowest BCUT2D eigenvalue weighted by atomic mass is 10.1. The van der Waals surface area contributed by atoms with Crippen molar-refractivity contribution in [2.45, 2.75) is 6.92 Å². The summed E-state index contributed by atoms with van der Waals surface area (Å²) in [5.41, 5.74) is 5.99. The zero-order valence-corrected chi connectivity index (χ0v) is 16.7. The Morgan fingerprint density at radius 1 is 1.06 bits per heavy atom. The lowest BCUT2D eigenvalue weighted by Gasteiger charge is -2.05. The van der Waals surface area contributed by atoms with E-state index in [-0.39, 0.29) is 11.6 Å². The zero-order valence-electron chi connectivity index (χ0n) is 16.7. The van der Waals surface area contributed by atoms with Crippen LogP contribution in [-0.4, -0.2) is 43.2 Å². The van der Waals surface area contributed by atoms with Crippen LogP contribution < -0.4 is 0 Å². The first-order chi connectivity index (χ1) is 15.1. The van der Waals surface area contributed by atoms with Crippen molar-refractivity contribution in [1.82, 2.24) is 30.1 Å². The van der Waals surface area contributed by atoms with Crippen LogP contribution in [-0.2, 0) is 4.74 Å². The van der Waals surface area contributed by atoms with Gasteiger partial charge in [-0.3, -0.25) is 15.1 Å². The zero-order chi connectivity index (χ0) is 21.4. The van der Waals surface area contributed by atoms with Gasteiger partial charge >= 0.3 is 5.97 Å². The Labute approximate surface area is 176 Å². The molecule has 0 aliphatic heterocycles. The molecule has 1 N–H and O–H groups in total. The van der Waals surface area contributed by atoms with E-state index in [9.17, 15) is 4.79 Å². The topological polar surface area (TPSA) is 120 Å². The second-order valence-corrected chi connectivity index (χ2v) is 6.80. The molecular formula is C22H16N6O3. The van der Waals surface area contributed by atoms with Gasteiger partial charge in [-0.2, -0.15) is 5.10 Å². The molecule has 0 saturated heterocycles. The number of fused-ring (bicyclic) bond motifs is 1. The summed E-state index contributed by atoms with van der Waals surface area (Å²) in [6.07, 6.45) is 4.67. The van der Waals surface area contributed by atoms with Crippen molar-refractivity contribution in [3.63, 3.8) is 0 Å². The molecule has 0 saturated carbocycles. The molecule has 0 aliphatic rings. The summed E-state index contributed by atoms with van der Waals surface area (Å²) < 4.78 is 10.1. The fourth-order valence-electron chi connectivity index (χ4n) is 3.23. The van der Waals surface area contributed by atoms with Gasteiger partial charge in [-0.15, -0.1) is 0 Å². The third kappa shape index (κ3) is 3.42. The third-order valence-electron chi connectivity index (χ3n) is 4.73. The molecule has 5 heterocycles. The Kier molecular flexibility index (Phi) is 4.47. The summed E-state index contributed by atoms with van der Waals surface area (Å²) in [7, 11) is 1.29. The number of aromatic nitrogens is 6. The van der Waals surface area contributed by atoms with E-state index in [1.165, 1.54) is 13.4 Å². The molecule has 5 rings (SSSR count). The monoisotopic (exact) mass is 412 g/mol. The van der Waals surface area contributed by atoms with Crippen LogP contribution in [0.25, 0.3) is 45.1 Å². The van der Waals surface area contributed by atoms with Crippen LogP contribution in [0.2, 0.25) is 0 Å². The normalized spacial score (nSPS) is 11.0. The molecule has 0 atom stereocenters. The van der Waals surface area contributed by atoms with Crippen molar-refractivity contribution in [3.05, 3.63) is 66.4 Å². The van der Waals surface area contributed by atoms with Gasteiger partial charge in [0.05, 0.1) is 35.1 Å². The van der Waals surface area contributed by atoms with Crippen LogP contribution in [0.4, 0.5) is 0 Å². The van der Waals surface area contributed by atoms with Gasteiger partial charge in [0.2, 0.25) is 5.89 Å². The van der Waals surface area contributed by atoms with Crippen molar-refractivity contribution in [2.75, 3.05) is 7.11 Å². The van der Waals surface area contributed by atoms with E-state index in [1.807, 2.05) is 43.3 Å². The van der Waals surface area contributed by atoms with Crippen molar-refractivity contribution < 1.29 is 13.9 Å². The van der Waals surface area contributed by atoms with E-state index in [2.05, 4.69) is 29.9 Å². The standard InChI is InChI=1S/C22H16N6O3/c1-12-4-3-5-17(25-12)20-14(10-24-28-20)15-6-7-16-18(26-15)8-13(9-23-16)21-27-19(11-31-21)22(29)30-2/h3-11H,1-2H3,(H,24,28). The highest BCUT2D eigenvalue weighted by Gasteiger charge is 2.16. The Morgan fingerprint density at radius 3 is 2.81 bits per heavy atom. The van der Waals surface area contributed by atoms with Crippen LogP contribution in [0.1, 0.15) is 16.2 Å². The average molecular weight is 412 g/mol. The minimum absolute atomic E-state index is 0.0907. The number of carbonyl (C=O) groups excluding carboxylic acids is 1. The van der Waals surface area contributed by atoms with E-state index in [4.69, 9.17) is 9.40 Å². The van der Waals surface area contributed by atoms with E-state index >= 15 is 0 Å². The highest BCUT2D eigenvalue weighted by atomic mass is 16.5. The van der Waals surface area contributed by atoms with Crippen molar-refractivity contribution in [3.8, 4) is 34.1 Å². The van der Waals surface area contributed by atoms with E-state index in [1.54, 1.807) is 12.4 Å². The fourth-order valence-corrected chi connectivity index (χ4v) is 3.23. The first kappa shape index (κ1) is 18.6. The van der Waals surface area contributed by atoms with Crippen LogP contribution in [0.15, 0.2) is 59.5 Å². The predicted molar refractivity (Wildman–Crippen MR) is 112 cm³/mol. The molecule has 31 heavy (non-hydrogen) atoms. The average Bonchev–Trinajstić information content (AvgIpc) is 3.48. The van der Waals surface area contributed by atoms with Crippen molar-refractivity contribution in [1.29, 1.82) is 0 Å². The minimum Gasteiger partial charge on any atom is -0.464 e. The van der Waals surface area contributed by atoms with Crippen LogP contribution in [0.5, 0.6) is 0 Å². The molecule has 0 amide bonds. The van der Waals surface area contributed by atoms with Gasteiger partial charge in [0.15, 0.2) is 5.69 Å². The molecule has 0 aliphatic carbocycles. The van der Waals surface area contributed by atoms with E-state index in [0.29, 0.717) is 16.6 Å². The lowest BCUT2D eigenvalue weighted by Crippen LogP contribution is -2.01. The summed E-state index contributed by atoms with van der Waals surface area (Å²) in [4.78, 5) is 29.5. The molecule has 0 bridgehead atoms. The van der Waals surface area contributed by atoms with E-state index in [0.717, 1.165) is 28.3 Å². The Hall–Kier alpha value is -4.40. The number of nitrogens with one attached hydrogen (secondary N) is 1. The maximum Gasteiger partial charge on any atom is 0.360 e. The van der Waals surface area contributed by atoms with Gasteiger partial charge in [0.25, 0.3) is 0 Å². The quantitative estimate of drug-likeness (QED) is 0.442. The first-order valence-corrected chi connectivity index (χ1v) is 9.41. The maximum atomic E-state index is 11.6. The smallest absolute Gasteiger partial charge is 0.360 e. The van der Waals surface area contributed by atoms with Crippen molar-refractivity contribution >= 4 is 17.0 Å². The third-order valence-corrected chi connectivity index (χ3v) is 4.73. The van der Waals surface area contributed by atoms with Gasteiger partial charge in [-0.1, -0.05) is 6.07 Å². The number of rotatable bonds is 4. The summed E-state index contributed by atoms with van der Waals surface area (Å²) in [6.45, 7) is 1.94. The second-order valence-electron chi connectivity index (χ2n) is 6.80. The molecule has 0 radical (unpaired) electrons. The molecule has 0 spiro atoms. The Balaban J connectivity index is 1.56. The van der Waals surface area contributed by atoms with Gasteiger partial charge in [0.1, 0.15) is 12.0 Å². The summed E-state index contributed by atoms with van der Waals surface area (Å²) >= 11 is 0. The van der Waals surface area contributed by atoms with Crippen molar-refractivity contribution in [2.24, 2.45) is 0 Å². The molecule has 0 aromatic carbocycles. The lowest BCUT2D eigenvalue weighted by molar-refractivity contribution is 0.0594. The maximum absolute atomic E-state index is 11.6. The SMILES string of the molecule is COC(=O)c1coc(-c2cnc3ccc(-c4c[nH]nc4-c4cccc(C)n4)nc3c2)n1. The summed E-state index contributed by atoms with van der Waals surface area (Å²) in [6, 6.07) is 11.4. The molecular weight excluding hydrogens is 396 g/mol. The first-order valence-electron chi connectivity index (χ1n) is 9.41. The van der Waals surface area contributed by atoms with E-state index < -0.39 is 5.97 Å². The Bertz CT molecular complexity index is 1420. The molecule has 9 heteroatoms. The number of nitrogens with zero attached hydrogens (tertiary/aromatic N) is 5. The van der Waals surface area contributed by atoms with Gasteiger partial charge in [-0.25, -0.2) is 14.8 Å². The number of aryl methyl sites for hydroxylation is 1. The Morgan fingerprint density at radius 2 is 1.97 bits per heavy atom. The van der Waals surface area contributed by atoms with Gasteiger partial charge in [0, 0.05) is 23.7 Å². The number of ether oxygens (including phenoxy) is 1. The predicted octanol–water partition coefficient (Wildman–Crippen LogP) is 3.83. The number of carbonyl (C=O) groups is 1. The summed E-state index contributed by atoms with van der Waals surface area (Å²) in [5, 5.41) is 7.27. The van der Waals surface area contributed by atoms with Crippen LogP contribution >= 0.6 is 0 Å². The summed E-state index contributed by atoms with van der Waals surface area (Å²) in [5.74, 6) is -0.309. The fraction of sp³-hybridized carbons (Fsp3) is 0.0909. The number of methoxy groups -OCH3 is 1. The number of H-pyrrole nitrogens is 1. The number of esters is 1. The molecule has 152 valence electrons. The molecule has 5 aromatic heterocycles. The van der Waals surface area contributed by atoms with Crippen LogP contribution in [0, 0.1) is 6.92 Å². The number of hydrogen-bond acceptors (Lipinski definition) is 8. The molecule has 5 aromatic rings. The number of aromatic amines is 1. The number of hydrogen-bond donors (Lipinski definition) is 1. The van der Waals surface area contributed by atoms with Gasteiger partial charge in [-0.05, 0) is 37.3 Å². The van der Waals surface area contributed by atoms with Gasteiger partial charge < -0.3 is 9.15 Å². The minimum atomic E-state index is -0.568.